The topological polar surface area (TPSA) is 142 Å². The van der Waals surface area contributed by atoms with E-state index < -0.39 is 35.7 Å². The molecule has 0 spiro atoms. The Labute approximate surface area is 215 Å². The molecule has 11 heteroatoms. The number of nitrogens with two attached hydrogens (primary N) is 1. The summed E-state index contributed by atoms with van der Waals surface area (Å²) >= 11 is 0. The number of aliphatic carboxylic acids is 1. The molecule has 1 amide bonds. The highest BCUT2D eigenvalue weighted by atomic mass is 19.2. The quantitative estimate of drug-likeness (QED) is 0.292. The van der Waals surface area contributed by atoms with Gasteiger partial charge in [0.2, 0.25) is 5.95 Å². The van der Waals surface area contributed by atoms with Crippen molar-refractivity contribution in [2.75, 3.05) is 12.3 Å². The van der Waals surface area contributed by atoms with Gasteiger partial charge in [0.1, 0.15) is 5.69 Å². The van der Waals surface area contributed by atoms with Gasteiger partial charge in [-0.1, -0.05) is 36.4 Å². The first-order chi connectivity index (χ1) is 18.2. The number of aliphatic hydroxyl groups excluding tert-OH is 1. The first-order valence-corrected chi connectivity index (χ1v) is 11.7. The van der Waals surface area contributed by atoms with Crippen LogP contribution in [-0.4, -0.2) is 43.6 Å². The number of fused-ring (bicyclic) bond motifs is 2. The lowest BCUT2D eigenvalue weighted by Crippen LogP contribution is -2.51. The zero-order valence-corrected chi connectivity index (χ0v) is 20.0. The van der Waals surface area contributed by atoms with Crippen molar-refractivity contribution in [2.45, 2.75) is 25.2 Å². The van der Waals surface area contributed by atoms with E-state index in [-0.39, 0.29) is 34.7 Å². The van der Waals surface area contributed by atoms with Gasteiger partial charge in [-0.25, -0.2) is 23.5 Å². The molecule has 0 aliphatic carbocycles. The maximum atomic E-state index is 13.7. The molecule has 1 aromatic heterocycles. The molecule has 194 valence electrons. The van der Waals surface area contributed by atoms with E-state index in [0.717, 1.165) is 23.3 Å². The number of anilines is 1. The number of rotatable bonds is 7. The second-order valence-electron chi connectivity index (χ2n) is 9.06. The molecule has 0 saturated carbocycles. The van der Waals surface area contributed by atoms with Crippen LogP contribution in [0, 0.1) is 11.6 Å². The number of nitrogens with one attached hydrogen (secondary N) is 1. The summed E-state index contributed by atoms with van der Waals surface area (Å²) in [4.78, 5) is 36.0. The molecule has 2 heterocycles. The SMILES string of the molecule is Nc1nc(C(=O)N2Cc3ccccc3C2)c2cc(C(CO)(NCc3ccc(F)c(F)c3)C(=O)O)ccc2n1. The van der Waals surface area contributed by atoms with Crippen molar-refractivity contribution in [3.63, 3.8) is 0 Å². The average molecular weight is 520 g/mol. The largest absolute Gasteiger partial charge is 0.480 e. The number of amides is 1. The molecule has 1 atom stereocenters. The van der Waals surface area contributed by atoms with Crippen molar-refractivity contribution in [3.8, 4) is 0 Å². The van der Waals surface area contributed by atoms with Crippen molar-refractivity contribution >= 4 is 28.7 Å². The van der Waals surface area contributed by atoms with Gasteiger partial charge < -0.3 is 20.8 Å². The van der Waals surface area contributed by atoms with Crippen molar-refractivity contribution in [3.05, 3.63) is 100 Å². The van der Waals surface area contributed by atoms with Gasteiger partial charge in [-0.15, -0.1) is 0 Å². The maximum absolute atomic E-state index is 13.7. The Bertz CT molecular complexity index is 1560. The molecule has 0 radical (unpaired) electrons. The fraction of sp³-hybridized carbons (Fsp3) is 0.185. The summed E-state index contributed by atoms with van der Waals surface area (Å²) in [6.45, 7) is -0.312. The number of aliphatic hydroxyl groups is 1. The Morgan fingerprint density at radius 3 is 2.34 bits per heavy atom. The number of benzene rings is 3. The number of nitrogens with zero attached hydrogens (tertiary/aromatic N) is 3. The predicted molar refractivity (Wildman–Crippen MR) is 134 cm³/mol. The normalized spacial score (nSPS) is 14.3. The number of hydrogen-bond acceptors (Lipinski definition) is 7. The van der Waals surface area contributed by atoms with Crippen LogP contribution in [0.15, 0.2) is 60.7 Å². The number of nitrogen functional groups attached to an aromatic ring is 1. The second kappa shape index (κ2) is 9.77. The maximum Gasteiger partial charge on any atom is 0.331 e. The molecular weight excluding hydrogens is 496 g/mol. The molecular formula is C27H23F2N5O4. The average Bonchev–Trinajstić information content (AvgIpc) is 3.34. The van der Waals surface area contributed by atoms with Crippen LogP contribution >= 0.6 is 0 Å². The molecule has 1 aliphatic rings. The molecule has 9 nitrogen and oxygen atoms in total. The highest BCUT2D eigenvalue weighted by Crippen LogP contribution is 2.30. The zero-order valence-electron chi connectivity index (χ0n) is 20.0. The fourth-order valence-electron chi connectivity index (χ4n) is 4.62. The minimum atomic E-state index is -2.04. The molecule has 0 bridgehead atoms. The standard InChI is InChI=1S/C27H23F2N5O4/c28-20-7-5-15(9-21(20)29)11-31-27(14-35,25(37)38)18-6-8-22-19(10-18)23(33-26(30)32-22)24(36)34-12-16-3-1-2-4-17(16)13-34/h1-10,31,35H,11-14H2,(H,37,38)(H2,30,32,33). The van der Waals surface area contributed by atoms with E-state index >= 15 is 0 Å². The first-order valence-electron chi connectivity index (χ1n) is 11.7. The molecule has 0 fully saturated rings. The lowest BCUT2D eigenvalue weighted by Gasteiger charge is -2.30. The number of carboxylic acid groups (broad SMARTS) is 1. The number of hydrogen-bond donors (Lipinski definition) is 4. The van der Waals surface area contributed by atoms with Crippen LogP contribution in [0.3, 0.4) is 0 Å². The Hall–Kier alpha value is -4.48. The van der Waals surface area contributed by atoms with Crippen LogP contribution in [0.2, 0.25) is 0 Å². The van der Waals surface area contributed by atoms with Gasteiger partial charge in [0.05, 0.1) is 12.1 Å². The number of carboxylic acids is 1. The van der Waals surface area contributed by atoms with Crippen molar-refractivity contribution in [2.24, 2.45) is 0 Å². The third kappa shape index (κ3) is 4.42. The Balaban J connectivity index is 1.53. The van der Waals surface area contributed by atoms with Crippen LogP contribution < -0.4 is 11.1 Å². The number of aromatic nitrogens is 2. The second-order valence-corrected chi connectivity index (χ2v) is 9.06. The molecule has 3 aromatic carbocycles. The van der Waals surface area contributed by atoms with Crippen LogP contribution in [0.5, 0.6) is 0 Å². The summed E-state index contributed by atoms with van der Waals surface area (Å²) in [7, 11) is 0. The van der Waals surface area contributed by atoms with Gasteiger partial charge in [-0.2, -0.15) is 0 Å². The van der Waals surface area contributed by atoms with Crippen LogP contribution in [0.1, 0.15) is 32.7 Å². The molecule has 4 aromatic rings. The molecule has 1 aliphatic heterocycles. The Morgan fingerprint density at radius 2 is 1.71 bits per heavy atom. The van der Waals surface area contributed by atoms with E-state index in [2.05, 4.69) is 15.3 Å². The molecule has 5 rings (SSSR count). The smallest absolute Gasteiger partial charge is 0.331 e. The van der Waals surface area contributed by atoms with Gasteiger partial charge in [0, 0.05) is 25.0 Å². The van der Waals surface area contributed by atoms with Crippen molar-refractivity contribution < 1.29 is 28.6 Å². The summed E-state index contributed by atoms with van der Waals surface area (Å²) in [5, 5.41) is 23.4. The molecule has 5 N–H and O–H groups in total. The minimum absolute atomic E-state index is 0.00000894. The predicted octanol–water partition coefficient (Wildman–Crippen LogP) is 2.71. The number of carbonyl (C=O) groups is 2. The van der Waals surface area contributed by atoms with E-state index in [9.17, 15) is 28.6 Å². The van der Waals surface area contributed by atoms with Gasteiger partial charge in [0.25, 0.3) is 5.91 Å². The molecule has 0 saturated heterocycles. The van der Waals surface area contributed by atoms with Crippen molar-refractivity contribution in [1.29, 1.82) is 0 Å². The summed E-state index contributed by atoms with van der Waals surface area (Å²) < 4.78 is 27.0. The van der Waals surface area contributed by atoms with Crippen LogP contribution in [-0.2, 0) is 30.0 Å². The third-order valence-corrected chi connectivity index (χ3v) is 6.72. The first kappa shape index (κ1) is 25.2. The van der Waals surface area contributed by atoms with E-state index in [1.165, 1.54) is 24.3 Å². The Morgan fingerprint density at radius 1 is 1.00 bits per heavy atom. The van der Waals surface area contributed by atoms with E-state index in [1.807, 2.05) is 24.3 Å². The minimum Gasteiger partial charge on any atom is -0.480 e. The van der Waals surface area contributed by atoms with Gasteiger partial charge >= 0.3 is 5.97 Å². The van der Waals surface area contributed by atoms with Crippen molar-refractivity contribution in [1.82, 2.24) is 20.2 Å². The van der Waals surface area contributed by atoms with Gasteiger partial charge in [-0.05, 0) is 46.5 Å². The monoisotopic (exact) mass is 519 g/mol. The van der Waals surface area contributed by atoms with E-state index in [0.29, 0.717) is 18.6 Å². The highest BCUT2D eigenvalue weighted by Gasteiger charge is 2.40. The van der Waals surface area contributed by atoms with Crippen LogP contribution in [0.25, 0.3) is 10.9 Å². The summed E-state index contributed by atoms with van der Waals surface area (Å²) in [6, 6.07) is 15.2. The Kier molecular flexibility index (Phi) is 6.47. The fourth-order valence-corrected chi connectivity index (χ4v) is 4.62. The van der Waals surface area contributed by atoms with Gasteiger partial charge in [0.15, 0.2) is 17.2 Å². The zero-order chi connectivity index (χ0) is 27.0. The highest BCUT2D eigenvalue weighted by molar-refractivity contribution is 6.05. The number of carbonyl (C=O) groups excluding carboxylic acids is 1. The lowest BCUT2D eigenvalue weighted by atomic mass is 9.89. The molecule has 38 heavy (non-hydrogen) atoms. The summed E-state index contributed by atoms with van der Waals surface area (Å²) in [5.74, 6) is -4.05. The van der Waals surface area contributed by atoms with E-state index in [4.69, 9.17) is 5.73 Å². The van der Waals surface area contributed by atoms with E-state index in [1.54, 1.807) is 4.90 Å². The third-order valence-electron chi connectivity index (χ3n) is 6.72. The summed E-state index contributed by atoms with van der Waals surface area (Å²) in [6.07, 6.45) is 0. The molecule has 1 unspecified atom stereocenters. The summed E-state index contributed by atoms with van der Waals surface area (Å²) in [5.41, 5.74) is 6.56. The number of halogens is 2. The lowest BCUT2D eigenvalue weighted by molar-refractivity contribution is -0.147. The van der Waals surface area contributed by atoms with Gasteiger partial charge in [-0.3, -0.25) is 10.1 Å². The van der Waals surface area contributed by atoms with Crippen LogP contribution in [0.4, 0.5) is 14.7 Å².